The van der Waals surface area contributed by atoms with E-state index in [4.69, 9.17) is 0 Å². The topological polar surface area (TPSA) is 13.0 Å². The molecule has 12 aromatic rings. The van der Waals surface area contributed by atoms with E-state index in [1.165, 1.54) is 51.9 Å². The van der Waals surface area contributed by atoms with Gasteiger partial charge in [0, 0.05) is 73.1 Å². The summed E-state index contributed by atoms with van der Waals surface area (Å²) in [5.74, 6) is 0. The van der Waals surface area contributed by atoms with Gasteiger partial charge in [0.15, 0.2) is 0 Å². The summed E-state index contributed by atoms with van der Waals surface area (Å²) >= 11 is 0. The van der Waals surface area contributed by atoms with Gasteiger partial charge in [-0.1, -0.05) is 189 Å². The van der Waals surface area contributed by atoms with E-state index in [0.717, 1.165) is 81.1 Å². The van der Waals surface area contributed by atoms with Gasteiger partial charge in [-0.05, 0) is 168 Å². The lowest BCUT2D eigenvalue weighted by Gasteiger charge is -2.39. The molecule has 376 valence electrons. The van der Waals surface area contributed by atoms with Crippen LogP contribution in [0.5, 0.6) is 0 Å². The Morgan fingerprint density at radius 1 is 0.205 bits per heavy atom. The lowest BCUT2D eigenvalue weighted by atomic mass is 9.65. The molecule has 1 fully saturated rings. The minimum Gasteiger partial charge on any atom is -0.311 e. The number of nitrogens with zero attached hydrogens (tertiary/aromatic N) is 4. The van der Waals surface area contributed by atoms with Crippen molar-refractivity contribution < 1.29 is 0 Å². The first-order chi connectivity index (χ1) is 38.7. The maximum Gasteiger partial charge on any atom is 0.0540 e. The second-order valence-corrected chi connectivity index (χ2v) is 20.4. The molecule has 0 unspecified atom stereocenters. The molecule has 13 rings (SSSR count). The Labute approximate surface area is 459 Å². The van der Waals surface area contributed by atoms with Gasteiger partial charge in [0.05, 0.1) is 11.4 Å². The Bertz CT molecular complexity index is 3570. The largest absolute Gasteiger partial charge is 0.311 e. The SMILES string of the molecule is c1ccc(N(c2ccccc2)c2ccc(N(c3ccc(C4(c5ccc(N(c6ccc(N(c7ccccc7)c7ccccc7)cc6)c6cccc7ccccc67)cc5)CCCCC4)cc3)c3cccc4ccccc34)cc2)cc1. The van der Waals surface area contributed by atoms with Crippen LogP contribution in [0.4, 0.5) is 68.2 Å². The van der Waals surface area contributed by atoms with Gasteiger partial charge in [0.1, 0.15) is 0 Å². The van der Waals surface area contributed by atoms with E-state index >= 15 is 0 Å². The minimum atomic E-state index is -0.121. The highest BCUT2D eigenvalue weighted by atomic mass is 15.2. The standard InChI is InChI=1S/C74H60N4/c1-6-26-60(27-7-1)75(61-28-8-2-9-29-61)64-46-50-68(51-47-64)77(72-36-20-24-56-22-14-16-34-70(56)72)66-42-38-58(39-43-66)74(54-18-5-19-55-74)59-40-44-67(45-41-59)78(73-37-21-25-57-23-15-17-35-71(57)73)69-52-48-65(49-53-69)76(62-30-10-3-11-31-62)63-32-12-4-13-33-63/h1-4,6-17,20-53H,5,18-19,54-55H2. The quantitative estimate of drug-likeness (QED) is 0.108. The summed E-state index contributed by atoms with van der Waals surface area (Å²) in [5, 5.41) is 4.85. The molecule has 0 amide bonds. The number of hydrogen-bond acceptors (Lipinski definition) is 4. The third-order valence-corrected chi connectivity index (χ3v) is 15.9. The van der Waals surface area contributed by atoms with Crippen molar-refractivity contribution in [2.45, 2.75) is 37.5 Å². The summed E-state index contributed by atoms with van der Waals surface area (Å²) < 4.78 is 0. The average Bonchev–Trinajstić information content (AvgIpc) is 3.58. The summed E-state index contributed by atoms with van der Waals surface area (Å²) in [4.78, 5) is 9.51. The fraction of sp³-hybridized carbons (Fsp3) is 0.0811. The van der Waals surface area contributed by atoms with Gasteiger partial charge in [-0.15, -0.1) is 0 Å². The maximum atomic E-state index is 2.43. The van der Waals surface area contributed by atoms with Crippen molar-refractivity contribution in [3.63, 3.8) is 0 Å². The van der Waals surface area contributed by atoms with Gasteiger partial charge < -0.3 is 19.6 Å². The van der Waals surface area contributed by atoms with Crippen LogP contribution in [0.2, 0.25) is 0 Å². The van der Waals surface area contributed by atoms with Gasteiger partial charge in [-0.2, -0.15) is 0 Å². The van der Waals surface area contributed by atoms with E-state index in [1.807, 2.05) is 0 Å². The Morgan fingerprint density at radius 2 is 0.462 bits per heavy atom. The Morgan fingerprint density at radius 3 is 0.795 bits per heavy atom. The molecule has 0 bridgehead atoms. The highest BCUT2D eigenvalue weighted by molar-refractivity contribution is 6.00. The van der Waals surface area contributed by atoms with Crippen LogP contribution in [0.1, 0.15) is 43.2 Å². The van der Waals surface area contributed by atoms with Crippen LogP contribution in [0.15, 0.2) is 303 Å². The fourth-order valence-electron chi connectivity index (χ4n) is 12.1. The predicted molar refractivity (Wildman–Crippen MR) is 330 cm³/mol. The molecule has 0 saturated heterocycles. The van der Waals surface area contributed by atoms with E-state index < -0.39 is 0 Å². The van der Waals surface area contributed by atoms with E-state index in [-0.39, 0.29) is 5.41 Å². The van der Waals surface area contributed by atoms with E-state index in [2.05, 4.69) is 323 Å². The first-order valence-electron chi connectivity index (χ1n) is 27.5. The van der Waals surface area contributed by atoms with Crippen LogP contribution in [0.25, 0.3) is 21.5 Å². The molecule has 0 atom stereocenters. The number of benzene rings is 12. The number of hydrogen-bond donors (Lipinski definition) is 0. The van der Waals surface area contributed by atoms with Gasteiger partial charge in [-0.25, -0.2) is 0 Å². The number of fused-ring (bicyclic) bond motifs is 2. The van der Waals surface area contributed by atoms with Crippen molar-refractivity contribution in [3.8, 4) is 0 Å². The van der Waals surface area contributed by atoms with Crippen LogP contribution in [0, 0.1) is 0 Å². The Balaban J connectivity index is 0.866. The molecule has 12 aromatic carbocycles. The highest BCUT2D eigenvalue weighted by Gasteiger charge is 2.36. The number of anilines is 12. The molecule has 0 N–H and O–H groups in total. The van der Waals surface area contributed by atoms with Gasteiger partial charge in [0.25, 0.3) is 0 Å². The smallest absolute Gasteiger partial charge is 0.0540 e. The van der Waals surface area contributed by atoms with Gasteiger partial charge in [-0.3, -0.25) is 0 Å². The van der Waals surface area contributed by atoms with Gasteiger partial charge >= 0.3 is 0 Å². The van der Waals surface area contributed by atoms with Crippen molar-refractivity contribution >= 4 is 89.8 Å². The molecule has 1 aliphatic rings. The van der Waals surface area contributed by atoms with Crippen LogP contribution in [-0.2, 0) is 5.41 Å². The summed E-state index contributed by atoms with van der Waals surface area (Å²) in [7, 11) is 0. The zero-order valence-corrected chi connectivity index (χ0v) is 43.7. The lowest BCUT2D eigenvalue weighted by Crippen LogP contribution is -2.30. The van der Waals surface area contributed by atoms with Crippen molar-refractivity contribution in [2.24, 2.45) is 0 Å². The van der Waals surface area contributed by atoms with Crippen molar-refractivity contribution in [3.05, 3.63) is 314 Å². The molecule has 1 aliphatic carbocycles. The normalized spacial score (nSPS) is 13.0. The fourth-order valence-corrected chi connectivity index (χ4v) is 12.1. The third kappa shape index (κ3) is 9.32. The highest BCUT2D eigenvalue weighted by Crippen LogP contribution is 2.49. The Kier molecular flexibility index (Phi) is 13.3. The van der Waals surface area contributed by atoms with Crippen LogP contribution >= 0.6 is 0 Å². The molecule has 78 heavy (non-hydrogen) atoms. The van der Waals surface area contributed by atoms with Crippen molar-refractivity contribution in [1.29, 1.82) is 0 Å². The first kappa shape index (κ1) is 48.0. The average molecular weight is 1010 g/mol. The number of para-hydroxylation sites is 4. The second-order valence-electron chi connectivity index (χ2n) is 20.4. The monoisotopic (exact) mass is 1000 g/mol. The number of rotatable bonds is 14. The minimum absolute atomic E-state index is 0.121. The summed E-state index contributed by atoms with van der Waals surface area (Å²) in [5.41, 5.74) is 16.0. The van der Waals surface area contributed by atoms with Crippen molar-refractivity contribution in [1.82, 2.24) is 0 Å². The van der Waals surface area contributed by atoms with E-state index in [9.17, 15) is 0 Å². The third-order valence-electron chi connectivity index (χ3n) is 15.9. The molecule has 0 radical (unpaired) electrons. The molecule has 1 saturated carbocycles. The van der Waals surface area contributed by atoms with Crippen LogP contribution in [0.3, 0.4) is 0 Å². The predicted octanol–water partition coefficient (Wildman–Crippen LogP) is 21.1. The zero-order chi connectivity index (χ0) is 52.1. The summed E-state index contributed by atoms with van der Waals surface area (Å²) in [6.45, 7) is 0. The molecular formula is C74H60N4. The first-order valence-corrected chi connectivity index (χ1v) is 27.5. The molecule has 4 nitrogen and oxygen atoms in total. The molecule has 0 aliphatic heterocycles. The van der Waals surface area contributed by atoms with Gasteiger partial charge in [0.2, 0.25) is 0 Å². The maximum absolute atomic E-state index is 2.43. The molecule has 0 spiro atoms. The Hall–Kier alpha value is -9.64. The molecular weight excluding hydrogens is 945 g/mol. The summed E-state index contributed by atoms with van der Waals surface area (Å²) in [6, 6.07) is 111. The van der Waals surface area contributed by atoms with E-state index in [1.54, 1.807) is 0 Å². The second kappa shape index (κ2) is 21.5. The summed E-state index contributed by atoms with van der Waals surface area (Å²) in [6.07, 6.45) is 5.85. The van der Waals surface area contributed by atoms with E-state index in [0.29, 0.717) is 0 Å². The lowest BCUT2D eigenvalue weighted by molar-refractivity contribution is 0.346. The molecule has 0 aromatic heterocycles. The van der Waals surface area contributed by atoms with Crippen LogP contribution < -0.4 is 19.6 Å². The van der Waals surface area contributed by atoms with Crippen molar-refractivity contribution in [2.75, 3.05) is 19.6 Å². The van der Waals surface area contributed by atoms with Crippen LogP contribution in [-0.4, -0.2) is 0 Å². The molecule has 0 heterocycles. The zero-order valence-electron chi connectivity index (χ0n) is 43.7. The molecule has 4 heteroatoms.